The predicted molar refractivity (Wildman–Crippen MR) is 61.4 cm³/mol. The first kappa shape index (κ1) is 10.8. The van der Waals surface area contributed by atoms with E-state index in [0.717, 1.165) is 5.57 Å². The number of aliphatic hydroxyl groups is 1. The fourth-order valence-electron chi connectivity index (χ4n) is 1.43. The Bertz CT molecular complexity index is 456. The summed E-state index contributed by atoms with van der Waals surface area (Å²) in [6, 6.07) is 0. The van der Waals surface area contributed by atoms with E-state index in [1.807, 2.05) is 6.08 Å². The molecule has 0 saturated heterocycles. The van der Waals surface area contributed by atoms with E-state index in [1.165, 1.54) is 0 Å². The zero-order valence-electron chi connectivity index (χ0n) is 9.19. The van der Waals surface area contributed by atoms with Crippen molar-refractivity contribution in [2.24, 2.45) is 10.2 Å². The van der Waals surface area contributed by atoms with Crippen molar-refractivity contribution in [2.75, 3.05) is 6.61 Å². The van der Waals surface area contributed by atoms with E-state index in [0.29, 0.717) is 11.4 Å². The van der Waals surface area contributed by atoms with Crippen LogP contribution in [0, 0.1) is 0 Å². The normalized spacial score (nSPS) is 17.8. The molecule has 2 rings (SSSR count). The lowest BCUT2D eigenvalue weighted by Gasteiger charge is -2.23. The summed E-state index contributed by atoms with van der Waals surface area (Å²) in [7, 11) is 0. The first-order chi connectivity index (χ1) is 7.53. The quantitative estimate of drug-likeness (QED) is 0.710. The van der Waals surface area contributed by atoms with Crippen molar-refractivity contribution in [3.8, 4) is 0 Å². The van der Waals surface area contributed by atoms with Crippen LogP contribution in [0.4, 0.5) is 0 Å². The van der Waals surface area contributed by atoms with Gasteiger partial charge < -0.3 is 10.4 Å². The fourth-order valence-corrected chi connectivity index (χ4v) is 1.43. The van der Waals surface area contributed by atoms with Gasteiger partial charge in [0.25, 0.3) is 5.91 Å². The van der Waals surface area contributed by atoms with Crippen LogP contribution in [0.1, 0.15) is 13.8 Å². The van der Waals surface area contributed by atoms with Crippen LogP contribution in [-0.2, 0) is 4.79 Å². The molecule has 84 valence electrons. The summed E-state index contributed by atoms with van der Waals surface area (Å²) in [6.07, 6.45) is 5.43. The zero-order chi connectivity index (χ0) is 11.8. The van der Waals surface area contributed by atoms with Gasteiger partial charge in [-0.05, 0) is 19.9 Å². The number of fused-ring (bicyclic) bond motifs is 1. The second-order valence-electron chi connectivity index (χ2n) is 4.37. The molecule has 1 aliphatic carbocycles. The van der Waals surface area contributed by atoms with Gasteiger partial charge in [0.1, 0.15) is 0 Å². The first-order valence-corrected chi connectivity index (χ1v) is 5.02. The first-order valence-electron chi connectivity index (χ1n) is 5.02. The molecule has 0 fully saturated rings. The van der Waals surface area contributed by atoms with E-state index >= 15 is 0 Å². The molecule has 2 aliphatic rings. The molecule has 5 heteroatoms. The smallest absolute Gasteiger partial charge is 0.273 e. The highest BCUT2D eigenvalue weighted by Gasteiger charge is 2.29. The number of allylic oxidation sites excluding steroid dienone is 3. The molecule has 0 atom stereocenters. The van der Waals surface area contributed by atoms with Crippen LogP contribution in [-0.4, -0.2) is 34.6 Å². The van der Waals surface area contributed by atoms with E-state index in [-0.39, 0.29) is 12.5 Å². The molecule has 1 aliphatic heterocycles. The van der Waals surface area contributed by atoms with Crippen LogP contribution in [0.25, 0.3) is 0 Å². The molecule has 2 N–H and O–H groups in total. The maximum absolute atomic E-state index is 11.9. The number of carbonyl (C=O) groups is 1. The molecule has 0 spiro atoms. The van der Waals surface area contributed by atoms with Gasteiger partial charge in [0, 0.05) is 5.57 Å². The summed E-state index contributed by atoms with van der Waals surface area (Å²) in [5.74, 6) is -0.312. The van der Waals surface area contributed by atoms with Gasteiger partial charge in [-0.2, -0.15) is 0 Å². The van der Waals surface area contributed by atoms with Crippen LogP contribution in [0.3, 0.4) is 0 Å². The minimum absolute atomic E-state index is 0.128. The molecule has 1 amide bonds. The molecule has 5 nitrogen and oxygen atoms in total. The third kappa shape index (κ3) is 1.81. The second-order valence-corrected chi connectivity index (χ2v) is 4.37. The summed E-state index contributed by atoms with van der Waals surface area (Å²) in [4.78, 5) is 11.9. The Morgan fingerprint density at radius 2 is 2.25 bits per heavy atom. The van der Waals surface area contributed by atoms with Gasteiger partial charge >= 0.3 is 0 Å². The average Bonchev–Trinajstić information content (AvgIpc) is 2.77. The highest BCUT2D eigenvalue weighted by molar-refractivity contribution is 6.54. The Morgan fingerprint density at radius 3 is 2.94 bits per heavy atom. The van der Waals surface area contributed by atoms with Crippen molar-refractivity contribution < 1.29 is 9.90 Å². The lowest BCUT2D eigenvalue weighted by atomic mass is 10.0. The Kier molecular flexibility index (Phi) is 2.47. The minimum atomic E-state index is -0.658. The number of rotatable bonds is 3. The van der Waals surface area contributed by atoms with Gasteiger partial charge in [0.15, 0.2) is 5.71 Å². The van der Waals surface area contributed by atoms with Gasteiger partial charge in [0.2, 0.25) is 0 Å². The van der Waals surface area contributed by atoms with Gasteiger partial charge in [-0.25, -0.2) is 0 Å². The third-order valence-electron chi connectivity index (χ3n) is 2.37. The summed E-state index contributed by atoms with van der Waals surface area (Å²) < 4.78 is 0. The second kappa shape index (κ2) is 3.68. The Labute approximate surface area is 93.3 Å². The minimum Gasteiger partial charge on any atom is -0.394 e. The lowest BCUT2D eigenvalue weighted by Crippen LogP contribution is -2.49. The molecule has 0 bridgehead atoms. The van der Waals surface area contributed by atoms with Crippen LogP contribution < -0.4 is 5.32 Å². The largest absolute Gasteiger partial charge is 0.394 e. The van der Waals surface area contributed by atoms with Gasteiger partial charge in [0.05, 0.1) is 17.9 Å². The van der Waals surface area contributed by atoms with Crippen molar-refractivity contribution in [3.05, 3.63) is 23.8 Å². The average molecular weight is 219 g/mol. The van der Waals surface area contributed by atoms with Crippen molar-refractivity contribution in [3.63, 3.8) is 0 Å². The highest BCUT2D eigenvalue weighted by atomic mass is 16.3. The van der Waals surface area contributed by atoms with E-state index in [1.54, 1.807) is 26.0 Å². The number of aliphatic hydroxyl groups excluding tert-OH is 1. The Morgan fingerprint density at radius 1 is 1.50 bits per heavy atom. The van der Waals surface area contributed by atoms with E-state index < -0.39 is 5.54 Å². The van der Waals surface area contributed by atoms with Crippen molar-refractivity contribution in [1.82, 2.24) is 5.32 Å². The van der Waals surface area contributed by atoms with Crippen molar-refractivity contribution >= 4 is 17.3 Å². The van der Waals surface area contributed by atoms with Crippen molar-refractivity contribution in [2.45, 2.75) is 19.4 Å². The topological polar surface area (TPSA) is 74.0 Å². The Hall–Kier alpha value is -1.75. The highest BCUT2D eigenvalue weighted by Crippen LogP contribution is 2.17. The summed E-state index contributed by atoms with van der Waals surface area (Å²) in [5, 5.41) is 19.5. The number of hydrogen-bond donors (Lipinski definition) is 2. The van der Waals surface area contributed by atoms with Gasteiger partial charge in [-0.15, -0.1) is 10.2 Å². The number of nitrogens with zero attached hydrogens (tertiary/aromatic N) is 2. The molecule has 0 saturated carbocycles. The number of amides is 1. The van der Waals surface area contributed by atoms with Crippen LogP contribution >= 0.6 is 0 Å². The maximum Gasteiger partial charge on any atom is 0.273 e. The molecular weight excluding hydrogens is 206 g/mol. The molecule has 0 aromatic carbocycles. The van der Waals surface area contributed by atoms with Crippen molar-refractivity contribution in [1.29, 1.82) is 0 Å². The summed E-state index contributed by atoms with van der Waals surface area (Å²) >= 11 is 0. The molecule has 0 aromatic rings. The van der Waals surface area contributed by atoms with E-state index in [9.17, 15) is 4.79 Å². The standard InChI is InChI=1S/C11H13N3O2/c1-11(2,6-15)12-10(16)9-7-4-3-5-8(7)13-14-9/h3-5,15H,6H2,1-2H3,(H,12,16). The fraction of sp³-hybridized carbons (Fsp3) is 0.364. The molecule has 0 radical (unpaired) electrons. The number of carbonyl (C=O) groups excluding carboxylic acids is 1. The predicted octanol–water partition coefficient (Wildman–Crippen LogP) is 0.180. The Balaban J connectivity index is 2.09. The SMILES string of the molecule is CC(C)(CO)NC(=O)C1=NN=C2C=CC=C21. The van der Waals surface area contributed by atoms with E-state index in [2.05, 4.69) is 15.5 Å². The molecule has 16 heavy (non-hydrogen) atoms. The molecular formula is C11H13N3O2. The van der Waals surface area contributed by atoms with Crippen LogP contribution in [0.5, 0.6) is 0 Å². The zero-order valence-corrected chi connectivity index (χ0v) is 9.19. The van der Waals surface area contributed by atoms with Gasteiger partial charge in [-0.1, -0.05) is 12.2 Å². The van der Waals surface area contributed by atoms with E-state index in [4.69, 9.17) is 5.11 Å². The number of hydrogen-bond acceptors (Lipinski definition) is 4. The van der Waals surface area contributed by atoms with Gasteiger partial charge in [-0.3, -0.25) is 4.79 Å². The summed E-state index contributed by atoms with van der Waals surface area (Å²) in [6.45, 7) is 3.35. The molecule has 0 aromatic heterocycles. The molecule has 0 unspecified atom stereocenters. The summed E-state index contributed by atoms with van der Waals surface area (Å²) in [5.41, 5.74) is 1.11. The maximum atomic E-state index is 11.9. The number of nitrogens with one attached hydrogen (secondary N) is 1. The lowest BCUT2D eigenvalue weighted by molar-refractivity contribution is -0.116. The van der Waals surface area contributed by atoms with Crippen LogP contribution in [0.15, 0.2) is 34.0 Å². The van der Waals surface area contributed by atoms with Crippen LogP contribution in [0.2, 0.25) is 0 Å². The third-order valence-corrected chi connectivity index (χ3v) is 2.37. The monoisotopic (exact) mass is 219 g/mol. The molecule has 1 heterocycles.